The van der Waals surface area contributed by atoms with Gasteiger partial charge in [0.15, 0.2) is 0 Å². The summed E-state index contributed by atoms with van der Waals surface area (Å²) >= 11 is 5.97. The van der Waals surface area contributed by atoms with Crippen molar-refractivity contribution in [3.8, 4) is 11.8 Å². The van der Waals surface area contributed by atoms with E-state index in [1.54, 1.807) is 18.3 Å². The van der Waals surface area contributed by atoms with Gasteiger partial charge < -0.3 is 4.57 Å². The zero-order valence-corrected chi connectivity index (χ0v) is 16.4. The number of nitriles is 1. The van der Waals surface area contributed by atoms with E-state index >= 15 is 0 Å². The predicted octanol–water partition coefficient (Wildman–Crippen LogP) is 6.36. The van der Waals surface area contributed by atoms with Crippen LogP contribution in [-0.2, 0) is 0 Å². The Labute approximate surface area is 169 Å². The fraction of sp³-hybridized carbons (Fsp3) is 0.0833. The fourth-order valence-corrected chi connectivity index (χ4v) is 3.62. The second-order valence-corrected chi connectivity index (χ2v) is 7.16. The van der Waals surface area contributed by atoms with Crippen LogP contribution in [0.3, 0.4) is 0 Å². The predicted molar refractivity (Wildman–Crippen MR) is 115 cm³/mol. The molecular formula is C24H18ClN3. The molecule has 0 atom stereocenters. The molecule has 0 saturated heterocycles. The van der Waals surface area contributed by atoms with Gasteiger partial charge in [-0.15, -0.1) is 0 Å². The van der Waals surface area contributed by atoms with Crippen molar-refractivity contribution in [2.75, 3.05) is 0 Å². The van der Waals surface area contributed by atoms with Crippen LogP contribution in [0, 0.1) is 25.2 Å². The smallest absolute Gasteiger partial charge is 0.0998 e. The van der Waals surface area contributed by atoms with Crippen molar-refractivity contribution < 1.29 is 0 Å². The molecule has 28 heavy (non-hydrogen) atoms. The normalized spacial score (nSPS) is 11.6. The van der Waals surface area contributed by atoms with Crippen LogP contribution >= 0.6 is 11.6 Å². The first-order chi connectivity index (χ1) is 13.6. The summed E-state index contributed by atoms with van der Waals surface area (Å²) in [5.41, 5.74) is 6.75. The number of rotatable bonds is 3. The summed E-state index contributed by atoms with van der Waals surface area (Å²) in [6.07, 6.45) is 3.74. The largest absolute Gasteiger partial charge is 0.318 e. The summed E-state index contributed by atoms with van der Waals surface area (Å²) in [6.45, 7) is 4.15. The van der Waals surface area contributed by atoms with E-state index < -0.39 is 0 Å². The monoisotopic (exact) mass is 383 g/mol. The van der Waals surface area contributed by atoms with Crippen molar-refractivity contribution in [1.82, 2.24) is 9.55 Å². The Balaban J connectivity index is 1.80. The minimum atomic E-state index is 0.611. The second-order valence-electron chi connectivity index (χ2n) is 6.72. The number of pyridine rings is 1. The molecule has 0 N–H and O–H groups in total. The lowest BCUT2D eigenvalue weighted by Gasteiger charge is -2.10. The molecule has 2 aromatic carbocycles. The van der Waals surface area contributed by atoms with Crippen molar-refractivity contribution in [3.63, 3.8) is 0 Å². The number of halogens is 1. The van der Waals surface area contributed by atoms with Crippen LogP contribution in [0.2, 0.25) is 5.02 Å². The molecule has 0 radical (unpaired) electrons. The van der Waals surface area contributed by atoms with E-state index in [0.29, 0.717) is 10.6 Å². The molecule has 0 spiro atoms. The van der Waals surface area contributed by atoms with Gasteiger partial charge in [0.1, 0.15) is 0 Å². The lowest BCUT2D eigenvalue weighted by Crippen LogP contribution is -1.99. The Morgan fingerprint density at radius 1 is 1.07 bits per heavy atom. The van der Waals surface area contributed by atoms with E-state index in [2.05, 4.69) is 53.7 Å². The molecule has 0 aliphatic heterocycles. The molecule has 2 heterocycles. The highest BCUT2D eigenvalue weighted by atomic mass is 35.5. The van der Waals surface area contributed by atoms with Crippen molar-refractivity contribution in [3.05, 3.63) is 94.4 Å². The van der Waals surface area contributed by atoms with E-state index in [-0.39, 0.29) is 0 Å². The number of nitrogens with zero attached hydrogens (tertiary/aromatic N) is 3. The lowest BCUT2D eigenvalue weighted by molar-refractivity contribution is 0.966. The van der Waals surface area contributed by atoms with Crippen LogP contribution in [0.1, 0.15) is 22.5 Å². The molecule has 0 bridgehead atoms. The Morgan fingerprint density at radius 2 is 1.86 bits per heavy atom. The molecule has 4 rings (SSSR count). The van der Waals surface area contributed by atoms with Crippen molar-refractivity contribution in [2.24, 2.45) is 0 Å². The van der Waals surface area contributed by atoms with E-state index in [4.69, 9.17) is 11.6 Å². The minimum Gasteiger partial charge on any atom is -0.318 e. The Hall–Kier alpha value is -3.35. The highest BCUT2D eigenvalue weighted by Gasteiger charge is 2.11. The highest BCUT2D eigenvalue weighted by Crippen LogP contribution is 2.27. The summed E-state index contributed by atoms with van der Waals surface area (Å²) in [7, 11) is 0. The number of hydrogen-bond acceptors (Lipinski definition) is 2. The molecule has 2 aromatic heterocycles. The molecule has 4 aromatic rings. The SMILES string of the molecule is Cc1cc(C=C(C#N)c2ccc(Cl)cc2)c(C)n1-c1ccc2ncccc2c1. The first-order valence-electron chi connectivity index (χ1n) is 8.98. The van der Waals surface area contributed by atoms with Gasteiger partial charge in [0.2, 0.25) is 0 Å². The van der Waals surface area contributed by atoms with Crippen LogP contribution in [0.15, 0.2) is 66.9 Å². The summed E-state index contributed by atoms with van der Waals surface area (Å²) in [6, 6.07) is 22.0. The lowest BCUT2D eigenvalue weighted by atomic mass is 10.0. The molecule has 0 amide bonds. The molecule has 3 nitrogen and oxygen atoms in total. The maximum atomic E-state index is 9.65. The fourth-order valence-electron chi connectivity index (χ4n) is 3.50. The summed E-state index contributed by atoms with van der Waals surface area (Å²) in [5.74, 6) is 0. The molecule has 136 valence electrons. The molecule has 0 fully saturated rings. The second kappa shape index (κ2) is 7.34. The summed E-state index contributed by atoms with van der Waals surface area (Å²) in [4.78, 5) is 4.39. The number of benzene rings is 2. The average Bonchev–Trinajstić information content (AvgIpc) is 2.99. The number of aryl methyl sites for hydroxylation is 1. The topological polar surface area (TPSA) is 41.6 Å². The molecule has 4 heteroatoms. The van der Waals surface area contributed by atoms with Gasteiger partial charge in [0.25, 0.3) is 0 Å². The first kappa shape index (κ1) is 18.0. The number of allylic oxidation sites excluding steroid dienone is 1. The van der Waals surface area contributed by atoms with E-state index in [0.717, 1.165) is 39.1 Å². The first-order valence-corrected chi connectivity index (χ1v) is 9.36. The molecule has 0 aliphatic carbocycles. The van der Waals surface area contributed by atoms with Crippen molar-refractivity contribution >= 4 is 34.2 Å². The average molecular weight is 384 g/mol. The Kier molecular flexibility index (Phi) is 4.73. The van der Waals surface area contributed by atoms with Gasteiger partial charge in [-0.2, -0.15) is 5.26 Å². The number of hydrogen-bond donors (Lipinski definition) is 0. The third-order valence-corrected chi connectivity index (χ3v) is 5.14. The zero-order valence-electron chi connectivity index (χ0n) is 15.6. The van der Waals surface area contributed by atoms with E-state index in [9.17, 15) is 5.26 Å². The quantitative estimate of drug-likeness (QED) is 0.386. The van der Waals surface area contributed by atoms with Crippen LogP contribution in [0.25, 0.3) is 28.2 Å². The number of aromatic nitrogens is 2. The van der Waals surface area contributed by atoms with Gasteiger partial charge in [-0.1, -0.05) is 29.8 Å². The van der Waals surface area contributed by atoms with Gasteiger partial charge in [-0.3, -0.25) is 4.98 Å². The summed E-state index contributed by atoms with van der Waals surface area (Å²) in [5, 5.41) is 11.4. The van der Waals surface area contributed by atoms with Gasteiger partial charge in [0, 0.05) is 33.7 Å². The van der Waals surface area contributed by atoms with Crippen molar-refractivity contribution in [1.29, 1.82) is 5.26 Å². The third kappa shape index (κ3) is 3.31. The maximum absolute atomic E-state index is 9.65. The van der Waals surface area contributed by atoms with E-state index in [1.807, 2.05) is 30.3 Å². The maximum Gasteiger partial charge on any atom is 0.0998 e. The number of fused-ring (bicyclic) bond motifs is 1. The Bertz CT molecular complexity index is 1240. The van der Waals surface area contributed by atoms with Crippen LogP contribution in [0.4, 0.5) is 0 Å². The zero-order chi connectivity index (χ0) is 19.7. The molecule has 0 aliphatic rings. The van der Waals surface area contributed by atoms with Gasteiger partial charge in [-0.25, -0.2) is 0 Å². The summed E-state index contributed by atoms with van der Waals surface area (Å²) < 4.78 is 2.20. The third-order valence-electron chi connectivity index (χ3n) is 4.89. The van der Waals surface area contributed by atoms with Gasteiger partial charge >= 0.3 is 0 Å². The van der Waals surface area contributed by atoms with Crippen LogP contribution in [0.5, 0.6) is 0 Å². The van der Waals surface area contributed by atoms with Crippen LogP contribution < -0.4 is 0 Å². The van der Waals surface area contributed by atoms with Crippen molar-refractivity contribution in [2.45, 2.75) is 13.8 Å². The molecular weight excluding hydrogens is 366 g/mol. The molecule has 0 unspecified atom stereocenters. The standard InChI is InChI=1S/C24H18ClN3/c1-16-12-20(13-21(15-26)18-5-7-22(25)8-6-18)17(2)28(16)23-9-10-24-19(14-23)4-3-11-27-24/h3-14H,1-2H3. The van der Waals surface area contributed by atoms with Gasteiger partial charge in [0.05, 0.1) is 17.2 Å². The molecule has 0 saturated carbocycles. The van der Waals surface area contributed by atoms with E-state index in [1.165, 1.54) is 0 Å². The van der Waals surface area contributed by atoms with Crippen LogP contribution in [-0.4, -0.2) is 9.55 Å². The minimum absolute atomic E-state index is 0.611. The Morgan fingerprint density at radius 3 is 2.61 bits per heavy atom. The van der Waals surface area contributed by atoms with Gasteiger partial charge in [-0.05, 0) is 73.5 Å². The highest BCUT2D eigenvalue weighted by molar-refractivity contribution is 6.30.